The van der Waals surface area contributed by atoms with Gasteiger partial charge in [-0.05, 0) is 30.9 Å². The normalized spacial score (nSPS) is 22.6. The second kappa shape index (κ2) is 5.91. The first-order chi connectivity index (χ1) is 9.40. The monoisotopic (exact) mass is 340 g/mol. The van der Waals surface area contributed by atoms with Crippen LogP contribution in [0.1, 0.15) is 29.3 Å². The highest BCUT2D eigenvalue weighted by atomic mass is 79.9. The van der Waals surface area contributed by atoms with Crippen molar-refractivity contribution in [2.24, 2.45) is 5.92 Å². The van der Waals surface area contributed by atoms with Crippen LogP contribution in [0.4, 0.5) is 5.69 Å². The summed E-state index contributed by atoms with van der Waals surface area (Å²) in [5.41, 5.74) is 1.21. The number of carbonyl (C=O) groups excluding carboxylic acids is 1. The Kier molecular flexibility index (Phi) is 4.42. The van der Waals surface area contributed by atoms with Gasteiger partial charge in [0.15, 0.2) is 0 Å². The van der Waals surface area contributed by atoms with Crippen LogP contribution in [0, 0.1) is 23.0 Å². The average molecular weight is 341 g/mol. The highest BCUT2D eigenvalue weighted by Gasteiger charge is 2.28. The topological polar surface area (TPSA) is 63.5 Å². The van der Waals surface area contributed by atoms with Gasteiger partial charge >= 0.3 is 0 Å². The van der Waals surface area contributed by atoms with Gasteiger partial charge in [0.05, 0.1) is 4.92 Å². The molecule has 0 saturated carbocycles. The summed E-state index contributed by atoms with van der Waals surface area (Å²) in [6, 6.07) is 4.39. The number of benzene rings is 1. The lowest BCUT2D eigenvalue weighted by molar-refractivity contribution is -0.384. The van der Waals surface area contributed by atoms with Gasteiger partial charge < -0.3 is 4.90 Å². The largest absolute Gasteiger partial charge is 0.337 e. The molecule has 0 N–H and O–H groups in total. The van der Waals surface area contributed by atoms with Crippen molar-refractivity contribution < 1.29 is 9.72 Å². The van der Waals surface area contributed by atoms with Crippen LogP contribution in [0.2, 0.25) is 0 Å². The number of rotatable bonds is 2. The molecule has 2 unspecified atom stereocenters. The number of nitrogens with zero attached hydrogens (tertiary/aromatic N) is 2. The van der Waals surface area contributed by atoms with Crippen molar-refractivity contribution in [2.75, 3.05) is 13.1 Å². The molecule has 2 atom stereocenters. The molecule has 1 aromatic carbocycles. The minimum Gasteiger partial charge on any atom is -0.337 e. The first-order valence-electron chi connectivity index (χ1n) is 6.58. The molecule has 108 valence electrons. The maximum atomic E-state index is 12.5. The van der Waals surface area contributed by atoms with Gasteiger partial charge in [-0.3, -0.25) is 14.9 Å². The van der Waals surface area contributed by atoms with Crippen LogP contribution in [0.25, 0.3) is 0 Å². The van der Waals surface area contributed by atoms with Crippen LogP contribution < -0.4 is 0 Å². The Labute approximate surface area is 126 Å². The van der Waals surface area contributed by atoms with Crippen molar-refractivity contribution in [3.8, 4) is 0 Å². The predicted octanol–water partition coefficient (Wildman–Crippen LogP) is 3.15. The number of piperidine rings is 1. The molecular formula is C14H17BrN2O3. The molecule has 0 aliphatic carbocycles. The third-order valence-electron chi connectivity index (χ3n) is 3.81. The third kappa shape index (κ3) is 3.00. The van der Waals surface area contributed by atoms with E-state index in [0.29, 0.717) is 28.4 Å². The van der Waals surface area contributed by atoms with E-state index < -0.39 is 4.92 Å². The molecule has 6 heteroatoms. The molecule has 0 bridgehead atoms. The maximum Gasteiger partial charge on any atom is 0.269 e. The zero-order valence-corrected chi connectivity index (χ0v) is 13.1. The number of halogens is 1. The molecular weight excluding hydrogens is 324 g/mol. The fraction of sp³-hybridized carbons (Fsp3) is 0.500. The Hall–Kier alpha value is -1.43. The van der Waals surface area contributed by atoms with E-state index in [2.05, 4.69) is 22.9 Å². The lowest BCUT2D eigenvalue weighted by Gasteiger charge is -2.34. The van der Waals surface area contributed by atoms with Crippen LogP contribution >= 0.6 is 15.9 Å². The number of aryl methyl sites for hydroxylation is 1. The molecule has 1 aliphatic rings. The SMILES string of the molecule is Cc1cc([N+](=O)[O-])ccc1C(=O)N1CCC(C)C(Br)C1. The first-order valence-corrected chi connectivity index (χ1v) is 7.50. The van der Waals surface area contributed by atoms with E-state index in [-0.39, 0.29) is 11.6 Å². The molecule has 1 aromatic rings. The first kappa shape index (κ1) is 15.0. The third-order valence-corrected chi connectivity index (χ3v) is 5.00. The van der Waals surface area contributed by atoms with E-state index in [1.807, 2.05) is 4.90 Å². The lowest BCUT2D eigenvalue weighted by Crippen LogP contribution is -2.43. The van der Waals surface area contributed by atoms with E-state index in [1.165, 1.54) is 12.1 Å². The number of nitro benzene ring substituents is 1. The number of non-ortho nitro benzene ring substituents is 1. The van der Waals surface area contributed by atoms with E-state index in [4.69, 9.17) is 0 Å². The number of hydrogen-bond acceptors (Lipinski definition) is 3. The van der Waals surface area contributed by atoms with Crippen molar-refractivity contribution >= 4 is 27.5 Å². The number of alkyl halides is 1. The summed E-state index contributed by atoms with van der Waals surface area (Å²) in [6.07, 6.45) is 0.966. The standard InChI is InChI=1S/C14H17BrN2O3/c1-9-5-6-16(8-13(9)15)14(18)12-4-3-11(17(19)20)7-10(12)2/h3-4,7,9,13H,5-6,8H2,1-2H3. The van der Waals surface area contributed by atoms with Crippen LogP contribution in [0.3, 0.4) is 0 Å². The Balaban J connectivity index is 2.19. The molecule has 1 aliphatic heterocycles. The van der Waals surface area contributed by atoms with E-state index >= 15 is 0 Å². The number of nitro groups is 1. The number of carbonyl (C=O) groups is 1. The minimum atomic E-state index is -0.446. The summed E-state index contributed by atoms with van der Waals surface area (Å²) >= 11 is 3.60. The van der Waals surface area contributed by atoms with Crippen molar-refractivity contribution in [3.05, 3.63) is 39.4 Å². The van der Waals surface area contributed by atoms with Crippen LogP contribution in [0.15, 0.2) is 18.2 Å². The molecule has 5 nitrogen and oxygen atoms in total. The number of hydrogen-bond donors (Lipinski definition) is 0. The predicted molar refractivity (Wildman–Crippen MR) is 80.2 cm³/mol. The van der Waals surface area contributed by atoms with Crippen molar-refractivity contribution in [1.29, 1.82) is 0 Å². The Bertz CT molecular complexity index is 547. The fourth-order valence-corrected chi connectivity index (χ4v) is 2.99. The Morgan fingerprint density at radius 3 is 2.75 bits per heavy atom. The van der Waals surface area contributed by atoms with Gasteiger partial charge in [0.2, 0.25) is 0 Å². The number of likely N-dealkylation sites (tertiary alicyclic amines) is 1. The number of amides is 1. The summed E-state index contributed by atoms with van der Waals surface area (Å²) < 4.78 is 0. The molecule has 1 fully saturated rings. The Morgan fingerprint density at radius 2 is 2.20 bits per heavy atom. The van der Waals surface area contributed by atoms with Crippen molar-refractivity contribution in [1.82, 2.24) is 4.90 Å². The van der Waals surface area contributed by atoms with E-state index in [0.717, 1.165) is 13.0 Å². The summed E-state index contributed by atoms with van der Waals surface area (Å²) in [5, 5.41) is 10.7. The summed E-state index contributed by atoms with van der Waals surface area (Å²) in [7, 11) is 0. The van der Waals surface area contributed by atoms with Gasteiger partial charge in [-0.2, -0.15) is 0 Å². The zero-order valence-electron chi connectivity index (χ0n) is 11.5. The van der Waals surface area contributed by atoms with Crippen LogP contribution in [-0.2, 0) is 0 Å². The molecule has 1 heterocycles. The molecule has 20 heavy (non-hydrogen) atoms. The van der Waals surface area contributed by atoms with Gasteiger partial charge in [0.25, 0.3) is 11.6 Å². The summed E-state index contributed by atoms with van der Waals surface area (Å²) in [5.74, 6) is 0.505. The quantitative estimate of drug-likeness (QED) is 0.472. The van der Waals surface area contributed by atoms with Crippen molar-refractivity contribution in [2.45, 2.75) is 25.1 Å². The second-order valence-corrected chi connectivity index (χ2v) is 6.47. The van der Waals surface area contributed by atoms with Gasteiger partial charge in [0, 0.05) is 35.6 Å². The summed E-state index contributed by atoms with van der Waals surface area (Å²) in [4.78, 5) is 24.9. The van der Waals surface area contributed by atoms with Crippen molar-refractivity contribution in [3.63, 3.8) is 0 Å². The smallest absolute Gasteiger partial charge is 0.269 e. The Morgan fingerprint density at radius 1 is 1.50 bits per heavy atom. The molecule has 1 saturated heterocycles. The van der Waals surface area contributed by atoms with Crippen LogP contribution in [-0.4, -0.2) is 33.6 Å². The van der Waals surface area contributed by atoms with Gasteiger partial charge in [-0.15, -0.1) is 0 Å². The second-order valence-electron chi connectivity index (χ2n) is 5.29. The molecule has 0 radical (unpaired) electrons. The zero-order chi connectivity index (χ0) is 14.9. The minimum absolute atomic E-state index is 0.0182. The highest BCUT2D eigenvalue weighted by molar-refractivity contribution is 9.09. The summed E-state index contributed by atoms with van der Waals surface area (Å²) in [6.45, 7) is 5.31. The highest BCUT2D eigenvalue weighted by Crippen LogP contribution is 2.26. The average Bonchev–Trinajstić information content (AvgIpc) is 2.41. The van der Waals surface area contributed by atoms with E-state index in [1.54, 1.807) is 13.0 Å². The molecule has 0 aromatic heterocycles. The van der Waals surface area contributed by atoms with Gasteiger partial charge in [-0.25, -0.2) is 0 Å². The van der Waals surface area contributed by atoms with E-state index in [9.17, 15) is 14.9 Å². The van der Waals surface area contributed by atoms with Gasteiger partial charge in [0.1, 0.15) is 0 Å². The maximum absolute atomic E-state index is 12.5. The molecule has 2 rings (SSSR count). The fourth-order valence-electron chi connectivity index (χ4n) is 2.38. The van der Waals surface area contributed by atoms with Gasteiger partial charge in [-0.1, -0.05) is 22.9 Å². The molecule has 1 amide bonds. The lowest BCUT2D eigenvalue weighted by atomic mass is 9.97. The van der Waals surface area contributed by atoms with Crippen LogP contribution in [0.5, 0.6) is 0 Å². The molecule has 0 spiro atoms.